The summed E-state index contributed by atoms with van der Waals surface area (Å²) in [4.78, 5) is 17.9. The second-order valence-corrected chi connectivity index (χ2v) is 4.58. The summed E-state index contributed by atoms with van der Waals surface area (Å²) in [5.41, 5.74) is 1.79. The van der Waals surface area contributed by atoms with Gasteiger partial charge in [0.25, 0.3) is 5.91 Å². The first-order valence-electron chi connectivity index (χ1n) is 6.14. The second-order valence-electron chi connectivity index (χ2n) is 4.58. The fourth-order valence-electron chi connectivity index (χ4n) is 2.05. The minimum Gasteiger partial charge on any atom is -0.479 e. The first-order chi connectivity index (χ1) is 8.61. The molecule has 1 unspecified atom stereocenters. The Morgan fingerprint density at radius 2 is 2.33 bits per heavy atom. The fraction of sp³-hybridized carbons (Fsp3) is 0.538. The number of nitrogens with zero attached hydrogens (tertiary/aromatic N) is 2. The van der Waals surface area contributed by atoms with Crippen LogP contribution in [0.4, 0.5) is 0 Å². The third kappa shape index (κ3) is 2.61. The van der Waals surface area contributed by atoms with Gasteiger partial charge >= 0.3 is 0 Å². The normalized spacial score (nSPS) is 19.4. The molecule has 0 aliphatic carbocycles. The summed E-state index contributed by atoms with van der Waals surface area (Å²) in [7, 11) is 3.66. The van der Waals surface area contributed by atoms with E-state index < -0.39 is 0 Å². The van der Waals surface area contributed by atoms with Gasteiger partial charge in [-0.1, -0.05) is 0 Å². The van der Waals surface area contributed by atoms with Crippen molar-refractivity contribution in [3.05, 3.63) is 23.5 Å². The predicted octanol–water partition coefficient (Wildman–Crippen LogP) is 0.719. The van der Waals surface area contributed by atoms with Gasteiger partial charge in [0.1, 0.15) is 5.75 Å². The Morgan fingerprint density at radius 3 is 2.94 bits per heavy atom. The Labute approximate surface area is 107 Å². The molecule has 1 amide bonds. The number of nitrogens with one attached hydrogen (secondary N) is 1. The summed E-state index contributed by atoms with van der Waals surface area (Å²) >= 11 is 0. The van der Waals surface area contributed by atoms with Crippen LogP contribution in [0.2, 0.25) is 0 Å². The minimum atomic E-state index is -0.366. The van der Waals surface area contributed by atoms with Crippen molar-refractivity contribution in [2.45, 2.75) is 26.0 Å². The van der Waals surface area contributed by atoms with E-state index >= 15 is 0 Å². The largest absolute Gasteiger partial charge is 0.479 e. The summed E-state index contributed by atoms with van der Waals surface area (Å²) in [6.07, 6.45) is 0.373. The standard InChI is InChI=1S/C13H19N3O2/c1-9-4-5-11(10(15-9)8-14-2)18-12-6-7-16(3)13(12)17/h4-5,12,14H,6-8H2,1-3H3. The van der Waals surface area contributed by atoms with Crippen molar-refractivity contribution < 1.29 is 9.53 Å². The quantitative estimate of drug-likeness (QED) is 0.854. The highest BCUT2D eigenvalue weighted by Gasteiger charge is 2.31. The zero-order chi connectivity index (χ0) is 13.1. The maximum absolute atomic E-state index is 11.8. The van der Waals surface area contributed by atoms with E-state index in [1.807, 2.05) is 26.1 Å². The first kappa shape index (κ1) is 12.8. The number of ether oxygens (including phenoxy) is 1. The number of aryl methyl sites for hydroxylation is 1. The third-order valence-electron chi connectivity index (χ3n) is 3.06. The third-order valence-corrected chi connectivity index (χ3v) is 3.06. The Balaban J connectivity index is 2.16. The molecule has 5 heteroatoms. The van der Waals surface area contributed by atoms with Crippen LogP contribution in [0, 0.1) is 6.92 Å². The summed E-state index contributed by atoms with van der Waals surface area (Å²) in [6.45, 7) is 3.33. The second kappa shape index (κ2) is 5.35. The van der Waals surface area contributed by atoms with Crippen LogP contribution in [0.5, 0.6) is 5.75 Å². The molecule has 5 nitrogen and oxygen atoms in total. The van der Waals surface area contributed by atoms with E-state index in [1.54, 1.807) is 11.9 Å². The number of amides is 1. The molecule has 1 N–H and O–H groups in total. The van der Waals surface area contributed by atoms with Crippen LogP contribution in [0.1, 0.15) is 17.8 Å². The number of pyridine rings is 1. The number of carbonyl (C=O) groups excluding carboxylic acids is 1. The number of hydrogen-bond acceptors (Lipinski definition) is 4. The zero-order valence-electron chi connectivity index (χ0n) is 11.1. The van der Waals surface area contributed by atoms with Crippen molar-refractivity contribution in [2.75, 3.05) is 20.6 Å². The Hall–Kier alpha value is -1.62. The van der Waals surface area contributed by atoms with E-state index in [1.165, 1.54) is 0 Å². The van der Waals surface area contributed by atoms with Gasteiger partial charge < -0.3 is 15.0 Å². The number of hydrogen-bond donors (Lipinski definition) is 1. The average molecular weight is 249 g/mol. The fourth-order valence-corrected chi connectivity index (χ4v) is 2.05. The smallest absolute Gasteiger partial charge is 0.263 e. The lowest BCUT2D eigenvalue weighted by Gasteiger charge is -2.15. The van der Waals surface area contributed by atoms with Crippen LogP contribution in [-0.2, 0) is 11.3 Å². The molecule has 2 heterocycles. The van der Waals surface area contributed by atoms with Gasteiger partial charge in [-0.2, -0.15) is 0 Å². The molecule has 0 spiro atoms. The minimum absolute atomic E-state index is 0.0472. The molecule has 1 aromatic heterocycles. The Morgan fingerprint density at radius 1 is 1.56 bits per heavy atom. The van der Waals surface area contributed by atoms with Crippen LogP contribution in [0.25, 0.3) is 0 Å². The molecule has 0 bridgehead atoms. The van der Waals surface area contributed by atoms with Crippen LogP contribution < -0.4 is 10.1 Å². The summed E-state index contributed by atoms with van der Waals surface area (Å²) < 4.78 is 5.80. The molecule has 18 heavy (non-hydrogen) atoms. The molecule has 98 valence electrons. The molecule has 1 aliphatic rings. The number of aromatic nitrogens is 1. The lowest BCUT2D eigenvalue weighted by atomic mass is 10.2. The first-order valence-corrected chi connectivity index (χ1v) is 6.14. The Kier molecular flexibility index (Phi) is 3.81. The highest BCUT2D eigenvalue weighted by molar-refractivity contribution is 5.83. The highest BCUT2D eigenvalue weighted by Crippen LogP contribution is 2.22. The van der Waals surface area contributed by atoms with Gasteiger partial charge in [-0.15, -0.1) is 0 Å². The van der Waals surface area contributed by atoms with Gasteiger partial charge in [-0.3, -0.25) is 9.78 Å². The summed E-state index contributed by atoms with van der Waals surface area (Å²) in [5.74, 6) is 0.745. The van der Waals surface area contributed by atoms with E-state index in [-0.39, 0.29) is 12.0 Å². The van der Waals surface area contributed by atoms with Gasteiger partial charge in [0, 0.05) is 32.3 Å². The van der Waals surface area contributed by atoms with Crippen LogP contribution >= 0.6 is 0 Å². The zero-order valence-corrected chi connectivity index (χ0v) is 11.1. The van der Waals surface area contributed by atoms with Crippen LogP contribution in [0.15, 0.2) is 12.1 Å². The lowest BCUT2D eigenvalue weighted by Crippen LogP contribution is -2.30. The van der Waals surface area contributed by atoms with Crippen molar-refractivity contribution in [1.29, 1.82) is 0 Å². The van der Waals surface area contributed by atoms with E-state index in [9.17, 15) is 4.79 Å². The molecule has 0 radical (unpaired) electrons. The predicted molar refractivity (Wildman–Crippen MR) is 68.4 cm³/mol. The van der Waals surface area contributed by atoms with E-state index in [2.05, 4.69) is 10.3 Å². The van der Waals surface area contributed by atoms with Gasteiger partial charge in [-0.05, 0) is 26.1 Å². The van der Waals surface area contributed by atoms with Crippen molar-refractivity contribution >= 4 is 5.91 Å². The SMILES string of the molecule is CNCc1nc(C)ccc1OC1CCN(C)C1=O. The van der Waals surface area contributed by atoms with E-state index in [0.29, 0.717) is 12.3 Å². The number of rotatable bonds is 4. The van der Waals surface area contributed by atoms with Crippen molar-refractivity contribution in [1.82, 2.24) is 15.2 Å². The molecule has 1 aliphatic heterocycles. The number of likely N-dealkylation sites (N-methyl/N-ethyl adjacent to an activating group) is 1. The van der Waals surface area contributed by atoms with Gasteiger partial charge in [0.2, 0.25) is 0 Å². The van der Waals surface area contributed by atoms with Crippen LogP contribution in [-0.4, -0.2) is 42.5 Å². The van der Waals surface area contributed by atoms with Crippen molar-refractivity contribution in [2.24, 2.45) is 0 Å². The topological polar surface area (TPSA) is 54.5 Å². The molecule has 1 atom stereocenters. The van der Waals surface area contributed by atoms with Gasteiger partial charge in [0.15, 0.2) is 6.10 Å². The van der Waals surface area contributed by atoms with Gasteiger partial charge in [-0.25, -0.2) is 0 Å². The maximum atomic E-state index is 11.8. The monoisotopic (exact) mass is 249 g/mol. The van der Waals surface area contributed by atoms with Crippen molar-refractivity contribution in [3.63, 3.8) is 0 Å². The maximum Gasteiger partial charge on any atom is 0.263 e. The Bertz CT molecular complexity index is 448. The average Bonchev–Trinajstić information content (AvgIpc) is 2.65. The molecule has 0 saturated carbocycles. The molecule has 2 rings (SSSR count). The van der Waals surface area contributed by atoms with E-state index in [0.717, 1.165) is 24.4 Å². The number of carbonyl (C=O) groups is 1. The summed E-state index contributed by atoms with van der Waals surface area (Å²) in [6, 6.07) is 3.79. The van der Waals surface area contributed by atoms with E-state index in [4.69, 9.17) is 4.74 Å². The molecule has 1 fully saturated rings. The number of likely N-dealkylation sites (tertiary alicyclic amines) is 1. The lowest BCUT2D eigenvalue weighted by molar-refractivity contribution is -0.132. The van der Waals surface area contributed by atoms with Crippen LogP contribution in [0.3, 0.4) is 0 Å². The van der Waals surface area contributed by atoms with Gasteiger partial charge in [0.05, 0.1) is 5.69 Å². The molecule has 1 saturated heterocycles. The molecule has 0 aromatic carbocycles. The molecule has 1 aromatic rings. The highest BCUT2D eigenvalue weighted by atomic mass is 16.5. The molecular formula is C13H19N3O2. The van der Waals surface area contributed by atoms with Crippen molar-refractivity contribution in [3.8, 4) is 5.75 Å². The summed E-state index contributed by atoms with van der Waals surface area (Å²) in [5, 5.41) is 3.06. The molecular weight excluding hydrogens is 230 g/mol.